The van der Waals surface area contributed by atoms with Gasteiger partial charge in [0.25, 0.3) is 0 Å². The van der Waals surface area contributed by atoms with Gasteiger partial charge in [-0.2, -0.15) is 0 Å². The second-order valence-electron chi connectivity index (χ2n) is 4.88. The van der Waals surface area contributed by atoms with Crippen molar-refractivity contribution in [2.75, 3.05) is 24.4 Å². The lowest BCUT2D eigenvalue weighted by Crippen LogP contribution is -2.27. The molecule has 0 radical (unpaired) electrons. The molecule has 0 aromatic heterocycles. The summed E-state index contributed by atoms with van der Waals surface area (Å²) in [7, 11) is 1.77. The zero-order valence-electron chi connectivity index (χ0n) is 11.0. The van der Waals surface area contributed by atoms with Gasteiger partial charge in [-0.05, 0) is 30.2 Å². The first-order valence-electron chi connectivity index (χ1n) is 6.41. The van der Waals surface area contributed by atoms with E-state index >= 15 is 0 Å². The van der Waals surface area contributed by atoms with Gasteiger partial charge in [0, 0.05) is 24.4 Å². The molecule has 0 spiro atoms. The molecule has 1 rings (SSSR count). The summed E-state index contributed by atoms with van der Waals surface area (Å²) in [6.45, 7) is 0.867. The highest BCUT2D eigenvalue weighted by atomic mass is 79.9. The Labute approximate surface area is 128 Å². The van der Waals surface area contributed by atoms with Gasteiger partial charge in [-0.3, -0.25) is 0 Å². The van der Waals surface area contributed by atoms with Crippen LogP contribution in [0.5, 0.6) is 0 Å². The number of benzene rings is 1. The zero-order chi connectivity index (χ0) is 13.3. The molecule has 0 saturated carbocycles. The van der Waals surface area contributed by atoms with Crippen molar-refractivity contribution in [3.8, 4) is 0 Å². The van der Waals surface area contributed by atoms with Gasteiger partial charge in [0.05, 0.1) is 0 Å². The topological polar surface area (TPSA) is 9.23 Å². The Morgan fingerprint density at radius 2 is 1.72 bits per heavy atom. The highest BCUT2D eigenvalue weighted by molar-refractivity contribution is 9.09. The molecule has 0 unspecified atom stereocenters. The third-order valence-corrected chi connectivity index (χ3v) is 5.67. The molecule has 0 aliphatic carbocycles. The number of alkyl halides is 2. The molecular formula is C15H22Br2O. The van der Waals surface area contributed by atoms with E-state index in [9.17, 15) is 0 Å². The Morgan fingerprint density at radius 3 is 2.28 bits per heavy atom. The molecule has 18 heavy (non-hydrogen) atoms. The Hall–Kier alpha value is 0.140. The van der Waals surface area contributed by atoms with E-state index in [4.69, 9.17) is 4.74 Å². The van der Waals surface area contributed by atoms with Gasteiger partial charge in [0.15, 0.2) is 0 Å². The molecule has 1 aromatic carbocycles. The van der Waals surface area contributed by atoms with Crippen LogP contribution in [0.2, 0.25) is 0 Å². The molecule has 102 valence electrons. The van der Waals surface area contributed by atoms with Crippen LogP contribution >= 0.6 is 31.9 Å². The van der Waals surface area contributed by atoms with Crippen molar-refractivity contribution < 1.29 is 4.74 Å². The molecule has 0 aliphatic rings. The molecule has 0 amide bonds. The number of hydrogen-bond acceptors (Lipinski definition) is 1. The van der Waals surface area contributed by atoms with Crippen molar-refractivity contribution in [2.45, 2.75) is 25.7 Å². The van der Waals surface area contributed by atoms with E-state index in [2.05, 4.69) is 62.2 Å². The van der Waals surface area contributed by atoms with E-state index in [1.165, 1.54) is 18.4 Å². The van der Waals surface area contributed by atoms with Crippen LogP contribution in [0.3, 0.4) is 0 Å². The first-order chi connectivity index (χ1) is 8.76. The Balaban J connectivity index is 2.56. The summed E-state index contributed by atoms with van der Waals surface area (Å²) < 4.78 is 5.12. The minimum absolute atomic E-state index is 0.315. The fourth-order valence-electron chi connectivity index (χ4n) is 2.13. The number of hydrogen-bond donors (Lipinski definition) is 0. The second-order valence-corrected chi connectivity index (χ2v) is 6.00. The summed E-state index contributed by atoms with van der Waals surface area (Å²) in [4.78, 5) is 0. The monoisotopic (exact) mass is 376 g/mol. The van der Waals surface area contributed by atoms with Gasteiger partial charge < -0.3 is 4.74 Å². The van der Waals surface area contributed by atoms with Crippen LogP contribution in [-0.4, -0.2) is 24.4 Å². The van der Waals surface area contributed by atoms with Crippen LogP contribution in [0.1, 0.15) is 24.8 Å². The molecule has 0 aliphatic heterocycles. The average molecular weight is 378 g/mol. The number of halogens is 2. The standard InChI is InChI=1S/C15H22Br2O/c1-18-10-6-5-9-15(12-16,13-17)11-14-7-3-2-4-8-14/h2-4,7-8H,5-6,9-13H2,1H3. The van der Waals surface area contributed by atoms with Crippen molar-refractivity contribution in [3.05, 3.63) is 35.9 Å². The van der Waals surface area contributed by atoms with Crippen molar-refractivity contribution in [1.82, 2.24) is 0 Å². The van der Waals surface area contributed by atoms with Crippen LogP contribution in [0, 0.1) is 5.41 Å². The fourth-order valence-corrected chi connectivity index (χ4v) is 4.01. The van der Waals surface area contributed by atoms with Crippen LogP contribution in [0.15, 0.2) is 30.3 Å². The highest BCUT2D eigenvalue weighted by Gasteiger charge is 2.27. The van der Waals surface area contributed by atoms with Gasteiger partial charge in [-0.1, -0.05) is 68.6 Å². The smallest absolute Gasteiger partial charge is 0.0462 e. The van der Waals surface area contributed by atoms with E-state index in [0.29, 0.717) is 5.41 Å². The lowest BCUT2D eigenvalue weighted by molar-refractivity contribution is 0.186. The van der Waals surface area contributed by atoms with Crippen molar-refractivity contribution in [3.63, 3.8) is 0 Å². The Bertz CT molecular complexity index is 310. The van der Waals surface area contributed by atoms with E-state index in [-0.39, 0.29) is 0 Å². The quantitative estimate of drug-likeness (QED) is 0.442. The first-order valence-corrected chi connectivity index (χ1v) is 8.65. The summed E-state index contributed by atoms with van der Waals surface area (Å²) in [5, 5.41) is 2.07. The summed E-state index contributed by atoms with van der Waals surface area (Å²) in [6.07, 6.45) is 4.71. The van der Waals surface area contributed by atoms with E-state index in [0.717, 1.165) is 30.1 Å². The minimum atomic E-state index is 0.315. The van der Waals surface area contributed by atoms with Gasteiger partial charge in [-0.25, -0.2) is 0 Å². The van der Waals surface area contributed by atoms with Gasteiger partial charge in [0.1, 0.15) is 0 Å². The largest absolute Gasteiger partial charge is 0.385 e. The van der Waals surface area contributed by atoms with E-state index in [1.807, 2.05) is 0 Å². The summed E-state index contributed by atoms with van der Waals surface area (Å²) >= 11 is 7.40. The van der Waals surface area contributed by atoms with Crippen molar-refractivity contribution in [1.29, 1.82) is 0 Å². The molecular weight excluding hydrogens is 356 g/mol. The number of methoxy groups -OCH3 is 1. The minimum Gasteiger partial charge on any atom is -0.385 e. The number of rotatable bonds is 9. The zero-order valence-corrected chi connectivity index (χ0v) is 14.2. The molecule has 0 bridgehead atoms. The van der Waals surface area contributed by atoms with Crippen LogP contribution in [-0.2, 0) is 11.2 Å². The maximum Gasteiger partial charge on any atom is 0.0462 e. The lowest BCUT2D eigenvalue weighted by Gasteiger charge is -2.30. The average Bonchev–Trinajstić information content (AvgIpc) is 2.43. The first kappa shape index (κ1) is 16.2. The maximum atomic E-state index is 5.12. The van der Waals surface area contributed by atoms with Crippen LogP contribution < -0.4 is 0 Å². The summed E-state index contributed by atoms with van der Waals surface area (Å²) in [6, 6.07) is 10.7. The Kier molecular flexibility index (Phi) is 8.20. The third kappa shape index (κ3) is 5.41. The molecule has 0 fully saturated rings. The highest BCUT2D eigenvalue weighted by Crippen LogP contribution is 2.33. The summed E-state index contributed by atoms with van der Waals surface area (Å²) in [5.74, 6) is 0. The van der Waals surface area contributed by atoms with E-state index < -0.39 is 0 Å². The SMILES string of the molecule is COCCCCC(CBr)(CBr)Cc1ccccc1. The van der Waals surface area contributed by atoms with E-state index in [1.54, 1.807) is 7.11 Å². The predicted molar refractivity (Wildman–Crippen MR) is 85.9 cm³/mol. The second kappa shape index (κ2) is 9.11. The number of unbranched alkanes of at least 4 members (excludes halogenated alkanes) is 1. The van der Waals surface area contributed by atoms with Crippen molar-refractivity contribution in [2.24, 2.45) is 5.41 Å². The maximum absolute atomic E-state index is 5.12. The molecule has 0 atom stereocenters. The molecule has 0 N–H and O–H groups in total. The Morgan fingerprint density at radius 1 is 1.06 bits per heavy atom. The predicted octanol–water partition coefficient (Wildman–Crippen LogP) is 4.82. The lowest BCUT2D eigenvalue weighted by atomic mass is 9.81. The van der Waals surface area contributed by atoms with Crippen LogP contribution in [0.25, 0.3) is 0 Å². The van der Waals surface area contributed by atoms with Crippen LogP contribution in [0.4, 0.5) is 0 Å². The summed E-state index contributed by atoms with van der Waals surface area (Å²) in [5.41, 5.74) is 1.73. The van der Waals surface area contributed by atoms with Gasteiger partial charge in [0.2, 0.25) is 0 Å². The fraction of sp³-hybridized carbons (Fsp3) is 0.600. The van der Waals surface area contributed by atoms with Gasteiger partial charge >= 0.3 is 0 Å². The molecule has 0 saturated heterocycles. The van der Waals surface area contributed by atoms with Crippen molar-refractivity contribution >= 4 is 31.9 Å². The van der Waals surface area contributed by atoms with Gasteiger partial charge in [-0.15, -0.1) is 0 Å². The normalized spacial score (nSPS) is 11.7. The molecule has 0 heterocycles. The third-order valence-electron chi connectivity index (χ3n) is 3.29. The molecule has 3 heteroatoms. The molecule has 1 nitrogen and oxygen atoms in total. The molecule has 1 aromatic rings. The number of ether oxygens (including phenoxy) is 1.